The summed E-state index contributed by atoms with van der Waals surface area (Å²) in [6, 6.07) is 8.78. The molecule has 1 aromatic heterocycles. The Hall–Kier alpha value is -1.28. The summed E-state index contributed by atoms with van der Waals surface area (Å²) in [5.74, 6) is 0. The van der Waals surface area contributed by atoms with E-state index in [9.17, 15) is 0 Å². The molecule has 0 saturated carbocycles. The van der Waals surface area contributed by atoms with Crippen LogP contribution in [-0.2, 0) is 13.0 Å². The molecule has 0 aliphatic carbocycles. The quantitative estimate of drug-likeness (QED) is 0.736. The van der Waals surface area contributed by atoms with Crippen molar-refractivity contribution < 1.29 is 0 Å². The molecule has 2 rings (SSSR count). The van der Waals surface area contributed by atoms with Gasteiger partial charge in [-0.25, -0.2) is 0 Å². The highest BCUT2D eigenvalue weighted by atomic mass is 15.0. The number of rotatable bonds is 7. The van der Waals surface area contributed by atoms with Crippen molar-refractivity contribution in [1.29, 1.82) is 0 Å². The van der Waals surface area contributed by atoms with E-state index in [1.165, 1.54) is 42.1 Å². The van der Waals surface area contributed by atoms with Crippen molar-refractivity contribution in [2.45, 2.75) is 39.2 Å². The molecule has 2 nitrogen and oxygen atoms in total. The van der Waals surface area contributed by atoms with Crippen LogP contribution in [0.25, 0.3) is 10.9 Å². The third kappa shape index (κ3) is 2.94. The molecular formula is C16H24N2. The maximum atomic E-state index is 3.21. The lowest BCUT2D eigenvalue weighted by Crippen LogP contribution is -2.07. The maximum absolute atomic E-state index is 3.21. The lowest BCUT2D eigenvalue weighted by molar-refractivity contribution is 0.671. The van der Waals surface area contributed by atoms with Gasteiger partial charge in [-0.15, -0.1) is 0 Å². The Kier molecular flexibility index (Phi) is 4.82. The molecule has 1 heterocycles. The van der Waals surface area contributed by atoms with Gasteiger partial charge in [-0.2, -0.15) is 0 Å². The first-order valence-corrected chi connectivity index (χ1v) is 7.08. The SMILES string of the molecule is CCCn1cc(CCCCNC)c2ccccc21. The number of hydrogen-bond acceptors (Lipinski definition) is 1. The molecule has 0 bridgehead atoms. The smallest absolute Gasteiger partial charge is 0.0483 e. The largest absolute Gasteiger partial charge is 0.347 e. The van der Waals surface area contributed by atoms with E-state index in [4.69, 9.17) is 0 Å². The lowest BCUT2D eigenvalue weighted by Gasteiger charge is -2.01. The summed E-state index contributed by atoms with van der Waals surface area (Å²) in [4.78, 5) is 0. The summed E-state index contributed by atoms with van der Waals surface area (Å²) < 4.78 is 2.41. The van der Waals surface area contributed by atoms with E-state index in [-0.39, 0.29) is 0 Å². The second-order valence-electron chi connectivity index (χ2n) is 4.93. The van der Waals surface area contributed by atoms with Crippen LogP contribution in [0, 0.1) is 0 Å². The summed E-state index contributed by atoms with van der Waals surface area (Å²) in [6.45, 7) is 4.48. The van der Waals surface area contributed by atoms with Crippen LogP contribution in [0.1, 0.15) is 31.7 Å². The van der Waals surface area contributed by atoms with Crippen LogP contribution in [0.5, 0.6) is 0 Å². The number of aryl methyl sites for hydroxylation is 2. The highest BCUT2D eigenvalue weighted by Gasteiger charge is 2.06. The Morgan fingerprint density at radius 2 is 2.00 bits per heavy atom. The number of unbranched alkanes of at least 4 members (excludes halogenated alkanes) is 1. The van der Waals surface area contributed by atoms with E-state index in [1.807, 2.05) is 7.05 Å². The van der Waals surface area contributed by atoms with Gasteiger partial charge in [0.1, 0.15) is 0 Å². The number of fused-ring (bicyclic) bond motifs is 1. The molecule has 1 aromatic carbocycles. The second-order valence-corrected chi connectivity index (χ2v) is 4.93. The van der Waals surface area contributed by atoms with Crippen LogP contribution < -0.4 is 5.32 Å². The average Bonchev–Trinajstić information content (AvgIpc) is 2.74. The van der Waals surface area contributed by atoms with E-state index in [0.29, 0.717) is 0 Å². The second kappa shape index (κ2) is 6.60. The molecule has 1 N–H and O–H groups in total. The molecule has 0 saturated heterocycles. The third-order valence-electron chi connectivity index (χ3n) is 3.46. The molecule has 2 aromatic rings. The van der Waals surface area contributed by atoms with Gasteiger partial charge in [0.25, 0.3) is 0 Å². The molecule has 18 heavy (non-hydrogen) atoms. The summed E-state index contributed by atoms with van der Waals surface area (Å²) in [7, 11) is 2.02. The first-order chi connectivity index (χ1) is 8.86. The highest BCUT2D eigenvalue weighted by Crippen LogP contribution is 2.23. The standard InChI is InChI=1S/C16H24N2/c1-3-12-18-13-14(8-6-7-11-17-2)15-9-4-5-10-16(15)18/h4-5,9-10,13,17H,3,6-8,11-12H2,1-2H3. The van der Waals surface area contributed by atoms with Crippen molar-refractivity contribution in [2.24, 2.45) is 0 Å². The predicted molar refractivity (Wildman–Crippen MR) is 79.1 cm³/mol. The van der Waals surface area contributed by atoms with E-state index in [1.54, 1.807) is 0 Å². The van der Waals surface area contributed by atoms with Gasteiger partial charge in [-0.3, -0.25) is 0 Å². The van der Waals surface area contributed by atoms with Gasteiger partial charge in [0.2, 0.25) is 0 Å². The number of nitrogens with zero attached hydrogens (tertiary/aromatic N) is 1. The zero-order valence-electron chi connectivity index (χ0n) is 11.6. The highest BCUT2D eigenvalue weighted by molar-refractivity contribution is 5.83. The molecule has 98 valence electrons. The first-order valence-electron chi connectivity index (χ1n) is 7.08. The fourth-order valence-corrected chi connectivity index (χ4v) is 2.57. The van der Waals surface area contributed by atoms with E-state index < -0.39 is 0 Å². The maximum Gasteiger partial charge on any atom is 0.0483 e. The van der Waals surface area contributed by atoms with E-state index in [0.717, 1.165) is 13.1 Å². The number of benzene rings is 1. The van der Waals surface area contributed by atoms with Gasteiger partial charge >= 0.3 is 0 Å². The monoisotopic (exact) mass is 244 g/mol. The van der Waals surface area contributed by atoms with Gasteiger partial charge in [0, 0.05) is 23.6 Å². The Morgan fingerprint density at radius 3 is 2.78 bits per heavy atom. The average molecular weight is 244 g/mol. The molecule has 0 aliphatic rings. The van der Waals surface area contributed by atoms with Crippen molar-refractivity contribution in [3.63, 3.8) is 0 Å². The lowest BCUT2D eigenvalue weighted by atomic mass is 10.1. The van der Waals surface area contributed by atoms with Crippen LogP contribution in [0.15, 0.2) is 30.5 Å². The van der Waals surface area contributed by atoms with Gasteiger partial charge in [-0.1, -0.05) is 25.1 Å². The van der Waals surface area contributed by atoms with Crippen LogP contribution >= 0.6 is 0 Å². The molecule has 0 unspecified atom stereocenters. The summed E-state index contributed by atoms with van der Waals surface area (Å²) in [5.41, 5.74) is 2.90. The van der Waals surface area contributed by atoms with Gasteiger partial charge < -0.3 is 9.88 Å². The molecular weight excluding hydrogens is 220 g/mol. The fraction of sp³-hybridized carbons (Fsp3) is 0.500. The van der Waals surface area contributed by atoms with Crippen molar-refractivity contribution in [3.8, 4) is 0 Å². The van der Waals surface area contributed by atoms with Crippen molar-refractivity contribution in [1.82, 2.24) is 9.88 Å². The molecule has 0 radical (unpaired) electrons. The van der Waals surface area contributed by atoms with Crippen LogP contribution in [0.2, 0.25) is 0 Å². The summed E-state index contributed by atoms with van der Waals surface area (Å²) >= 11 is 0. The minimum absolute atomic E-state index is 1.12. The van der Waals surface area contributed by atoms with Crippen molar-refractivity contribution >= 4 is 10.9 Å². The predicted octanol–water partition coefficient (Wildman–Crippen LogP) is 3.59. The van der Waals surface area contributed by atoms with Crippen LogP contribution in [0.3, 0.4) is 0 Å². The van der Waals surface area contributed by atoms with Gasteiger partial charge in [0.05, 0.1) is 0 Å². The Labute approximate surface area is 110 Å². The fourth-order valence-electron chi connectivity index (χ4n) is 2.57. The third-order valence-corrected chi connectivity index (χ3v) is 3.46. The van der Waals surface area contributed by atoms with Crippen molar-refractivity contribution in [3.05, 3.63) is 36.0 Å². The zero-order chi connectivity index (χ0) is 12.8. The van der Waals surface area contributed by atoms with Crippen LogP contribution in [-0.4, -0.2) is 18.2 Å². The molecule has 0 fully saturated rings. The van der Waals surface area contributed by atoms with E-state index in [2.05, 4.69) is 47.3 Å². The summed E-state index contributed by atoms with van der Waals surface area (Å²) in [6.07, 6.45) is 7.26. The van der Waals surface area contributed by atoms with Crippen molar-refractivity contribution in [2.75, 3.05) is 13.6 Å². The Balaban J connectivity index is 2.16. The van der Waals surface area contributed by atoms with Crippen LogP contribution in [0.4, 0.5) is 0 Å². The van der Waals surface area contributed by atoms with E-state index >= 15 is 0 Å². The molecule has 0 amide bonds. The Bertz CT molecular complexity index is 485. The molecule has 2 heteroatoms. The molecule has 0 spiro atoms. The first kappa shape index (κ1) is 13.2. The number of para-hydroxylation sites is 1. The minimum Gasteiger partial charge on any atom is -0.347 e. The van der Waals surface area contributed by atoms with Gasteiger partial charge in [-0.05, 0) is 50.9 Å². The molecule has 0 atom stereocenters. The summed E-state index contributed by atoms with van der Waals surface area (Å²) in [5, 5.41) is 4.65. The molecule has 0 aliphatic heterocycles. The number of nitrogens with one attached hydrogen (secondary N) is 1. The minimum atomic E-state index is 1.12. The normalized spacial score (nSPS) is 11.2. The van der Waals surface area contributed by atoms with Gasteiger partial charge in [0.15, 0.2) is 0 Å². The topological polar surface area (TPSA) is 17.0 Å². The number of hydrogen-bond donors (Lipinski definition) is 1. The number of aromatic nitrogens is 1. The Morgan fingerprint density at radius 1 is 1.17 bits per heavy atom. The zero-order valence-corrected chi connectivity index (χ0v) is 11.6.